The standard InChI is InChI=1S/C29H23ClF2N2O2/c1-3-19(26-23(31)13-12-22(30)27(26)32)10-9-17(2)21(15-18-7-5-4-6-8-18)28-33-24-14-11-20(29(35)36)16-25(24)34-28/h3-14,16,21H,1,15H2,2H3,(H,33,34)(H,35,36)/b17-9+,19-10+. The minimum atomic E-state index is -1.03. The minimum Gasteiger partial charge on any atom is -0.478 e. The second-order valence-electron chi connectivity index (χ2n) is 8.36. The molecule has 1 heterocycles. The van der Waals surface area contributed by atoms with Crippen molar-refractivity contribution in [1.82, 2.24) is 9.97 Å². The first-order valence-corrected chi connectivity index (χ1v) is 11.6. The van der Waals surface area contributed by atoms with E-state index in [9.17, 15) is 18.7 Å². The lowest BCUT2D eigenvalue weighted by atomic mass is 9.91. The predicted molar refractivity (Wildman–Crippen MR) is 139 cm³/mol. The van der Waals surface area contributed by atoms with E-state index in [-0.39, 0.29) is 27.6 Å². The number of aromatic amines is 1. The van der Waals surface area contributed by atoms with Crippen LogP contribution in [0.5, 0.6) is 0 Å². The topological polar surface area (TPSA) is 66.0 Å². The van der Waals surface area contributed by atoms with Crippen LogP contribution in [0.25, 0.3) is 16.6 Å². The van der Waals surface area contributed by atoms with Gasteiger partial charge in [-0.15, -0.1) is 0 Å². The van der Waals surface area contributed by atoms with Crippen LogP contribution in [0, 0.1) is 11.6 Å². The fraction of sp³-hybridized carbons (Fsp3) is 0.103. The summed E-state index contributed by atoms with van der Waals surface area (Å²) < 4.78 is 29.1. The number of hydrogen-bond acceptors (Lipinski definition) is 2. The van der Waals surface area contributed by atoms with E-state index in [2.05, 4.69) is 16.5 Å². The third-order valence-electron chi connectivity index (χ3n) is 5.99. The number of fused-ring (bicyclic) bond motifs is 1. The Morgan fingerprint density at radius 2 is 1.89 bits per heavy atom. The summed E-state index contributed by atoms with van der Waals surface area (Å²) in [5.74, 6) is -2.17. The lowest BCUT2D eigenvalue weighted by Crippen LogP contribution is -2.07. The molecule has 0 aliphatic rings. The number of aromatic carboxylic acids is 1. The quantitative estimate of drug-likeness (QED) is 0.190. The van der Waals surface area contributed by atoms with Gasteiger partial charge in [0.2, 0.25) is 0 Å². The molecule has 1 unspecified atom stereocenters. The molecule has 7 heteroatoms. The Labute approximate surface area is 212 Å². The number of imidazole rings is 1. The SMILES string of the molecule is C=C/C(=C\C=C(/C)C(Cc1ccccc1)c1nc2cc(C(=O)O)ccc2[nH]1)c1c(F)ccc(Cl)c1F. The second-order valence-corrected chi connectivity index (χ2v) is 8.76. The molecule has 4 rings (SSSR count). The third kappa shape index (κ3) is 5.29. The molecule has 0 aliphatic carbocycles. The molecule has 36 heavy (non-hydrogen) atoms. The van der Waals surface area contributed by atoms with Gasteiger partial charge in [-0.2, -0.15) is 0 Å². The van der Waals surface area contributed by atoms with Crippen LogP contribution in [0.1, 0.15) is 40.2 Å². The average Bonchev–Trinajstić information content (AvgIpc) is 3.30. The number of nitrogens with zero attached hydrogens (tertiary/aromatic N) is 1. The number of halogens is 3. The molecule has 0 fully saturated rings. The van der Waals surface area contributed by atoms with Crippen LogP contribution in [0.2, 0.25) is 5.02 Å². The Kier molecular flexibility index (Phi) is 7.46. The highest BCUT2D eigenvalue weighted by Gasteiger charge is 2.20. The Bertz CT molecular complexity index is 1510. The van der Waals surface area contributed by atoms with Crippen LogP contribution >= 0.6 is 11.6 Å². The zero-order valence-electron chi connectivity index (χ0n) is 19.4. The molecule has 4 aromatic rings. The van der Waals surface area contributed by atoms with E-state index in [0.717, 1.165) is 17.2 Å². The molecule has 0 saturated heterocycles. The molecule has 2 N–H and O–H groups in total. The summed E-state index contributed by atoms with van der Waals surface area (Å²) in [6, 6.07) is 16.9. The second kappa shape index (κ2) is 10.7. The summed E-state index contributed by atoms with van der Waals surface area (Å²) in [4.78, 5) is 19.4. The lowest BCUT2D eigenvalue weighted by Gasteiger charge is -2.16. The van der Waals surface area contributed by atoms with Crippen LogP contribution in [0.3, 0.4) is 0 Å². The number of rotatable bonds is 8. The first-order chi connectivity index (χ1) is 17.3. The molecule has 0 spiro atoms. The molecular weight excluding hydrogens is 482 g/mol. The maximum Gasteiger partial charge on any atom is 0.335 e. The van der Waals surface area contributed by atoms with Crippen molar-refractivity contribution in [2.45, 2.75) is 19.3 Å². The van der Waals surface area contributed by atoms with Crippen LogP contribution in [0.4, 0.5) is 8.78 Å². The predicted octanol–water partition coefficient (Wildman–Crippen LogP) is 7.73. The van der Waals surface area contributed by atoms with Gasteiger partial charge in [0, 0.05) is 5.92 Å². The van der Waals surface area contributed by atoms with Gasteiger partial charge in [-0.25, -0.2) is 18.6 Å². The zero-order valence-corrected chi connectivity index (χ0v) is 20.2. The molecule has 182 valence electrons. The fourth-order valence-corrected chi connectivity index (χ4v) is 4.19. The maximum absolute atomic E-state index is 14.6. The molecule has 3 aromatic carbocycles. The highest BCUT2D eigenvalue weighted by molar-refractivity contribution is 6.31. The monoisotopic (exact) mass is 504 g/mol. The average molecular weight is 505 g/mol. The first-order valence-electron chi connectivity index (χ1n) is 11.2. The van der Waals surface area contributed by atoms with E-state index in [1.165, 1.54) is 24.3 Å². The van der Waals surface area contributed by atoms with Gasteiger partial charge in [-0.3, -0.25) is 0 Å². The van der Waals surface area contributed by atoms with E-state index in [4.69, 9.17) is 11.6 Å². The Hall–Kier alpha value is -4.03. The third-order valence-corrected chi connectivity index (χ3v) is 6.28. The highest BCUT2D eigenvalue weighted by atomic mass is 35.5. The summed E-state index contributed by atoms with van der Waals surface area (Å²) >= 11 is 5.87. The molecule has 0 bridgehead atoms. The Morgan fingerprint density at radius 1 is 1.14 bits per heavy atom. The van der Waals surface area contributed by atoms with Gasteiger partial charge < -0.3 is 10.1 Å². The van der Waals surface area contributed by atoms with Gasteiger partial charge >= 0.3 is 5.97 Å². The number of H-pyrrole nitrogens is 1. The smallest absolute Gasteiger partial charge is 0.335 e. The van der Waals surface area contributed by atoms with Crippen molar-refractivity contribution in [1.29, 1.82) is 0 Å². The van der Waals surface area contributed by atoms with E-state index in [1.807, 2.05) is 37.3 Å². The number of benzene rings is 3. The van der Waals surface area contributed by atoms with Crippen molar-refractivity contribution >= 4 is 34.2 Å². The van der Waals surface area contributed by atoms with Crippen molar-refractivity contribution in [2.75, 3.05) is 0 Å². The van der Waals surface area contributed by atoms with Crippen LogP contribution in [-0.2, 0) is 6.42 Å². The van der Waals surface area contributed by atoms with Gasteiger partial charge in [0.1, 0.15) is 11.6 Å². The molecule has 0 saturated carbocycles. The first kappa shape index (κ1) is 25.1. The summed E-state index contributed by atoms with van der Waals surface area (Å²) in [6.07, 6.45) is 5.36. The molecule has 4 nitrogen and oxygen atoms in total. The summed E-state index contributed by atoms with van der Waals surface area (Å²) in [6.45, 7) is 5.62. The van der Waals surface area contributed by atoms with Crippen LogP contribution < -0.4 is 0 Å². The largest absolute Gasteiger partial charge is 0.478 e. The van der Waals surface area contributed by atoms with Gasteiger partial charge in [-0.1, -0.05) is 72.3 Å². The fourth-order valence-electron chi connectivity index (χ4n) is 4.03. The van der Waals surface area contributed by atoms with Crippen molar-refractivity contribution in [3.05, 3.63) is 130 Å². The Morgan fingerprint density at radius 3 is 2.58 bits per heavy atom. The van der Waals surface area contributed by atoms with Crippen molar-refractivity contribution < 1.29 is 18.7 Å². The number of hydrogen-bond donors (Lipinski definition) is 2. The summed E-state index contributed by atoms with van der Waals surface area (Å²) in [7, 11) is 0. The molecule has 0 aliphatic heterocycles. The maximum atomic E-state index is 14.6. The normalized spacial score (nSPS) is 13.1. The van der Waals surface area contributed by atoms with Gasteiger partial charge in [0.05, 0.1) is 27.2 Å². The zero-order chi connectivity index (χ0) is 25.8. The lowest BCUT2D eigenvalue weighted by molar-refractivity contribution is 0.0697. The minimum absolute atomic E-state index is 0.150. The van der Waals surface area contributed by atoms with Gasteiger partial charge in [-0.05, 0) is 54.8 Å². The van der Waals surface area contributed by atoms with E-state index < -0.39 is 17.6 Å². The van der Waals surface area contributed by atoms with E-state index >= 15 is 0 Å². The van der Waals surface area contributed by atoms with E-state index in [1.54, 1.807) is 18.2 Å². The van der Waals surface area contributed by atoms with Crippen LogP contribution in [-0.4, -0.2) is 21.0 Å². The van der Waals surface area contributed by atoms with Crippen LogP contribution in [0.15, 0.2) is 91.0 Å². The number of carboxylic acid groups (broad SMARTS) is 1. The Balaban J connectivity index is 1.78. The van der Waals surface area contributed by atoms with E-state index in [0.29, 0.717) is 23.3 Å². The molecular formula is C29H23ClF2N2O2. The number of carbonyl (C=O) groups is 1. The number of aromatic nitrogens is 2. The molecule has 0 radical (unpaired) electrons. The number of nitrogens with one attached hydrogen (secondary N) is 1. The molecule has 0 amide bonds. The van der Waals surface area contributed by atoms with Crippen molar-refractivity contribution in [3.8, 4) is 0 Å². The van der Waals surface area contributed by atoms with Gasteiger partial charge in [0.25, 0.3) is 0 Å². The summed E-state index contributed by atoms with van der Waals surface area (Å²) in [5, 5.41) is 9.14. The summed E-state index contributed by atoms with van der Waals surface area (Å²) in [5.41, 5.74) is 3.36. The molecule has 1 aromatic heterocycles. The van der Waals surface area contributed by atoms with Crippen molar-refractivity contribution in [2.24, 2.45) is 0 Å². The molecule has 1 atom stereocenters. The van der Waals surface area contributed by atoms with Gasteiger partial charge in [0.15, 0.2) is 5.82 Å². The number of allylic oxidation sites excluding steroid dienone is 5. The number of carboxylic acids is 1. The highest BCUT2D eigenvalue weighted by Crippen LogP contribution is 2.31. The van der Waals surface area contributed by atoms with Crippen molar-refractivity contribution in [3.63, 3.8) is 0 Å².